The minimum Gasteiger partial charge on any atom is -0.394 e. The fourth-order valence-electron chi connectivity index (χ4n) is 2.50. The third kappa shape index (κ3) is 3.37. The van der Waals surface area contributed by atoms with Crippen molar-refractivity contribution < 1.29 is 29.2 Å². The molecule has 2 heterocycles. The Bertz CT molecular complexity index is 405. The van der Waals surface area contributed by atoms with Crippen molar-refractivity contribution in [3.05, 3.63) is 0 Å². The van der Waals surface area contributed by atoms with Crippen molar-refractivity contribution in [1.29, 1.82) is 0 Å². The lowest BCUT2D eigenvalue weighted by Gasteiger charge is -2.30. The number of fused-ring (bicyclic) bond motifs is 1. The third-order valence-electron chi connectivity index (χ3n) is 3.63. The Labute approximate surface area is 124 Å². The van der Waals surface area contributed by atoms with Gasteiger partial charge in [0.2, 0.25) is 5.91 Å². The van der Waals surface area contributed by atoms with Gasteiger partial charge in [0.05, 0.1) is 12.6 Å². The van der Waals surface area contributed by atoms with Crippen LogP contribution in [-0.4, -0.2) is 59.2 Å². The highest BCUT2D eigenvalue weighted by Crippen LogP contribution is 2.38. The number of ether oxygens (including phenoxy) is 3. The van der Waals surface area contributed by atoms with E-state index in [0.717, 1.165) is 0 Å². The third-order valence-corrected chi connectivity index (χ3v) is 3.63. The minimum absolute atomic E-state index is 0.180. The first kappa shape index (κ1) is 16.6. The van der Waals surface area contributed by atoms with Crippen LogP contribution in [0.15, 0.2) is 0 Å². The summed E-state index contributed by atoms with van der Waals surface area (Å²) in [6.07, 6.45) is -3.07. The lowest BCUT2D eigenvalue weighted by Crippen LogP contribution is -2.54. The zero-order valence-corrected chi connectivity index (χ0v) is 13.1. The molecule has 0 aromatic carbocycles. The van der Waals surface area contributed by atoms with Gasteiger partial charge in [0.1, 0.15) is 18.3 Å². The molecular weight excluding hydrogens is 278 g/mol. The predicted molar refractivity (Wildman–Crippen MR) is 73.2 cm³/mol. The van der Waals surface area contributed by atoms with E-state index in [2.05, 4.69) is 5.32 Å². The Morgan fingerprint density at radius 3 is 2.48 bits per heavy atom. The summed E-state index contributed by atoms with van der Waals surface area (Å²) in [5.74, 6) is -0.991. The van der Waals surface area contributed by atoms with Crippen LogP contribution in [0.2, 0.25) is 0 Å². The second kappa shape index (κ2) is 5.48. The quantitative estimate of drug-likeness (QED) is 0.665. The molecule has 1 amide bonds. The summed E-state index contributed by atoms with van der Waals surface area (Å²) >= 11 is 0. The van der Waals surface area contributed by atoms with Crippen molar-refractivity contribution in [2.75, 3.05) is 6.61 Å². The van der Waals surface area contributed by atoms with Crippen molar-refractivity contribution >= 4 is 5.91 Å². The second-order valence-corrected chi connectivity index (χ2v) is 7.07. The topological polar surface area (TPSA) is 97.3 Å². The second-order valence-electron chi connectivity index (χ2n) is 7.07. The average molecular weight is 303 g/mol. The monoisotopic (exact) mass is 303 g/mol. The number of rotatable bonds is 3. The number of aliphatic hydroxyl groups is 2. The number of nitrogens with one attached hydrogen (secondary N) is 1. The number of carbonyl (C=O) groups is 1. The molecule has 2 aliphatic heterocycles. The molecule has 7 nitrogen and oxygen atoms in total. The van der Waals surface area contributed by atoms with Crippen LogP contribution in [0, 0.1) is 5.41 Å². The fourth-order valence-corrected chi connectivity index (χ4v) is 2.50. The Morgan fingerprint density at radius 2 is 1.95 bits per heavy atom. The summed E-state index contributed by atoms with van der Waals surface area (Å²) in [7, 11) is 0. The molecule has 0 spiro atoms. The lowest BCUT2D eigenvalue weighted by atomic mass is 9.93. The molecular formula is C14H25NO6. The highest BCUT2D eigenvalue weighted by Gasteiger charge is 2.57. The summed E-state index contributed by atoms with van der Waals surface area (Å²) in [4.78, 5) is 12.2. The van der Waals surface area contributed by atoms with Crippen molar-refractivity contribution in [3.63, 3.8) is 0 Å². The molecule has 0 saturated carbocycles. The number of hydrogen-bond acceptors (Lipinski definition) is 6. The van der Waals surface area contributed by atoms with Gasteiger partial charge in [0, 0.05) is 5.41 Å². The van der Waals surface area contributed by atoms with Crippen molar-refractivity contribution in [1.82, 2.24) is 5.32 Å². The van der Waals surface area contributed by atoms with E-state index in [1.54, 1.807) is 34.6 Å². The average Bonchev–Trinajstić information content (AvgIpc) is 2.80. The standard InChI is InChI=1S/C14H25NO6/c1-13(2,3)12(18)15-8-9(7(17)6-16)19-11-10(8)20-14(4,5)21-11/h7-11,16-17H,6H2,1-5H3,(H,15,18)/t7-,8+,9-,10-,11-/m1/s1. The van der Waals surface area contributed by atoms with E-state index in [4.69, 9.17) is 19.3 Å². The molecule has 2 rings (SSSR count). The van der Waals surface area contributed by atoms with Gasteiger partial charge in [-0.05, 0) is 13.8 Å². The maximum absolute atomic E-state index is 12.2. The highest BCUT2D eigenvalue weighted by atomic mass is 16.8. The Morgan fingerprint density at radius 1 is 1.33 bits per heavy atom. The molecule has 0 radical (unpaired) electrons. The molecule has 0 bridgehead atoms. The van der Waals surface area contributed by atoms with E-state index >= 15 is 0 Å². The molecule has 122 valence electrons. The van der Waals surface area contributed by atoms with E-state index < -0.39 is 48.5 Å². The maximum atomic E-state index is 12.2. The van der Waals surface area contributed by atoms with Gasteiger partial charge in [0.15, 0.2) is 12.1 Å². The molecule has 2 fully saturated rings. The normalized spacial score (nSPS) is 36.3. The van der Waals surface area contributed by atoms with Crippen LogP contribution in [0.25, 0.3) is 0 Å². The first-order valence-electron chi connectivity index (χ1n) is 7.16. The number of aliphatic hydroxyl groups excluding tert-OH is 2. The molecule has 2 aliphatic rings. The summed E-state index contributed by atoms with van der Waals surface area (Å²) < 4.78 is 17.0. The molecule has 5 atom stereocenters. The van der Waals surface area contributed by atoms with Crippen molar-refractivity contribution in [2.24, 2.45) is 5.41 Å². The molecule has 2 saturated heterocycles. The van der Waals surface area contributed by atoms with Gasteiger partial charge >= 0.3 is 0 Å². The van der Waals surface area contributed by atoms with Gasteiger partial charge < -0.3 is 29.7 Å². The number of amides is 1. The molecule has 0 aliphatic carbocycles. The van der Waals surface area contributed by atoms with Crippen LogP contribution in [0.3, 0.4) is 0 Å². The Kier molecular flexibility index (Phi) is 4.34. The van der Waals surface area contributed by atoms with Crippen LogP contribution in [0.1, 0.15) is 34.6 Å². The highest BCUT2D eigenvalue weighted by molar-refractivity contribution is 5.81. The van der Waals surface area contributed by atoms with Gasteiger partial charge in [-0.1, -0.05) is 20.8 Å². The molecule has 21 heavy (non-hydrogen) atoms. The first-order chi connectivity index (χ1) is 9.55. The summed E-state index contributed by atoms with van der Waals surface area (Å²) in [6, 6.07) is -0.578. The first-order valence-corrected chi connectivity index (χ1v) is 7.16. The zero-order chi connectivity index (χ0) is 16.0. The van der Waals surface area contributed by atoms with Crippen LogP contribution < -0.4 is 5.32 Å². The van der Waals surface area contributed by atoms with Crippen LogP contribution in [0.5, 0.6) is 0 Å². The fraction of sp³-hybridized carbons (Fsp3) is 0.929. The Balaban J connectivity index is 2.17. The molecule has 0 aromatic heterocycles. The van der Waals surface area contributed by atoms with Gasteiger partial charge in [0.25, 0.3) is 0 Å². The van der Waals surface area contributed by atoms with E-state index in [0.29, 0.717) is 0 Å². The largest absolute Gasteiger partial charge is 0.394 e. The van der Waals surface area contributed by atoms with Gasteiger partial charge in [-0.25, -0.2) is 0 Å². The van der Waals surface area contributed by atoms with Gasteiger partial charge in [-0.3, -0.25) is 4.79 Å². The molecule has 3 N–H and O–H groups in total. The van der Waals surface area contributed by atoms with Crippen LogP contribution in [-0.2, 0) is 19.0 Å². The smallest absolute Gasteiger partial charge is 0.225 e. The van der Waals surface area contributed by atoms with Gasteiger partial charge in [-0.15, -0.1) is 0 Å². The number of carbonyl (C=O) groups excluding carboxylic acids is 1. The van der Waals surface area contributed by atoms with E-state index in [9.17, 15) is 9.90 Å². The molecule has 0 unspecified atom stereocenters. The predicted octanol–water partition coefficient (Wildman–Crippen LogP) is -0.253. The van der Waals surface area contributed by atoms with Gasteiger partial charge in [-0.2, -0.15) is 0 Å². The van der Waals surface area contributed by atoms with Crippen LogP contribution >= 0.6 is 0 Å². The molecule has 7 heteroatoms. The van der Waals surface area contributed by atoms with Crippen molar-refractivity contribution in [2.45, 2.75) is 71.0 Å². The van der Waals surface area contributed by atoms with Crippen molar-refractivity contribution in [3.8, 4) is 0 Å². The van der Waals surface area contributed by atoms with Crippen LogP contribution in [0.4, 0.5) is 0 Å². The molecule has 0 aromatic rings. The van der Waals surface area contributed by atoms with E-state index in [-0.39, 0.29) is 5.91 Å². The summed E-state index contributed by atoms with van der Waals surface area (Å²) in [5.41, 5.74) is -0.582. The summed E-state index contributed by atoms with van der Waals surface area (Å²) in [5, 5.41) is 21.9. The lowest BCUT2D eigenvalue weighted by molar-refractivity contribution is -0.218. The van der Waals surface area contributed by atoms with E-state index in [1.165, 1.54) is 0 Å². The zero-order valence-electron chi connectivity index (χ0n) is 13.1. The minimum atomic E-state index is -1.11. The summed E-state index contributed by atoms with van der Waals surface area (Å²) in [6.45, 7) is 8.44. The SMILES string of the molecule is CC1(C)O[C@H]2O[C@H]([C@H](O)CO)[C@H](NC(=O)C(C)(C)C)[C@H]2O1. The number of hydrogen-bond donors (Lipinski definition) is 3. The Hall–Kier alpha value is -0.730. The van der Waals surface area contributed by atoms with E-state index in [1.807, 2.05) is 0 Å². The maximum Gasteiger partial charge on any atom is 0.225 e.